The first kappa shape index (κ1) is 20.1. The second kappa shape index (κ2) is 8.43. The highest BCUT2D eigenvalue weighted by atomic mass is 32.2. The zero-order valence-electron chi connectivity index (χ0n) is 14.2. The number of rotatable bonds is 8. The predicted molar refractivity (Wildman–Crippen MR) is 99.0 cm³/mol. The molecular weight excluding hydrogens is 376 g/mol. The molecule has 2 aromatic rings. The van der Waals surface area contributed by atoms with Gasteiger partial charge in [0.2, 0.25) is 10.0 Å². The normalized spacial score (nSPS) is 11.9. The van der Waals surface area contributed by atoms with Crippen LogP contribution in [-0.2, 0) is 26.4 Å². The molecule has 0 fully saturated rings. The van der Waals surface area contributed by atoms with Crippen LogP contribution in [0.25, 0.3) is 0 Å². The van der Waals surface area contributed by atoms with Crippen LogP contribution >= 0.6 is 0 Å². The van der Waals surface area contributed by atoms with Crippen molar-refractivity contribution in [2.24, 2.45) is 0 Å². The lowest BCUT2D eigenvalue weighted by atomic mass is 10.2. The van der Waals surface area contributed by atoms with Crippen molar-refractivity contribution in [1.82, 2.24) is 10.0 Å². The van der Waals surface area contributed by atoms with Gasteiger partial charge in [0.1, 0.15) is 0 Å². The second-order valence-electron chi connectivity index (χ2n) is 5.68. The summed E-state index contributed by atoms with van der Waals surface area (Å²) in [4.78, 5) is 12.1. The molecule has 26 heavy (non-hydrogen) atoms. The van der Waals surface area contributed by atoms with Crippen LogP contribution in [0.15, 0.2) is 59.5 Å². The summed E-state index contributed by atoms with van der Waals surface area (Å²) in [6.07, 6.45) is 1.05. The Kier molecular flexibility index (Phi) is 6.52. The van der Waals surface area contributed by atoms with Crippen molar-refractivity contribution in [2.45, 2.75) is 11.4 Å². The molecule has 0 unspecified atom stereocenters. The minimum atomic E-state index is -3.55. The van der Waals surface area contributed by atoms with Gasteiger partial charge in [-0.3, -0.25) is 4.79 Å². The van der Waals surface area contributed by atoms with Crippen LogP contribution in [0.2, 0.25) is 0 Å². The molecule has 0 bridgehead atoms. The Morgan fingerprint density at radius 2 is 1.65 bits per heavy atom. The van der Waals surface area contributed by atoms with E-state index in [0.717, 1.165) is 11.8 Å². The van der Waals surface area contributed by atoms with Gasteiger partial charge in [0, 0.05) is 24.9 Å². The summed E-state index contributed by atoms with van der Waals surface area (Å²) in [6, 6.07) is 14.7. The fourth-order valence-corrected chi connectivity index (χ4v) is 3.70. The van der Waals surface area contributed by atoms with E-state index in [1.54, 1.807) is 12.1 Å². The summed E-state index contributed by atoms with van der Waals surface area (Å²) in [5, 5.41) is 2.48. The molecule has 0 atom stereocenters. The lowest BCUT2D eigenvalue weighted by Gasteiger charge is -2.09. The van der Waals surface area contributed by atoms with E-state index in [9.17, 15) is 21.6 Å². The lowest BCUT2D eigenvalue weighted by molar-refractivity contribution is 0.0956. The number of amides is 1. The number of carbonyl (C=O) groups is 1. The minimum absolute atomic E-state index is 0.0299. The van der Waals surface area contributed by atoms with Crippen molar-refractivity contribution in [3.8, 4) is 0 Å². The molecule has 1 amide bonds. The van der Waals surface area contributed by atoms with Gasteiger partial charge in [0.15, 0.2) is 9.84 Å². The average Bonchev–Trinajstić information content (AvgIpc) is 2.60. The SMILES string of the molecule is CS(=O)(=O)c1cccc(C(=O)NCCS(=O)(=O)NCc2ccccc2)c1. The molecule has 0 aliphatic heterocycles. The van der Waals surface area contributed by atoms with Crippen molar-refractivity contribution < 1.29 is 21.6 Å². The van der Waals surface area contributed by atoms with Gasteiger partial charge in [-0.1, -0.05) is 36.4 Å². The number of sulfonamides is 1. The van der Waals surface area contributed by atoms with E-state index in [2.05, 4.69) is 10.0 Å². The van der Waals surface area contributed by atoms with E-state index in [1.807, 2.05) is 18.2 Å². The smallest absolute Gasteiger partial charge is 0.251 e. The highest BCUT2D eigenvalue weighted by molar-refractivity contribution is 7.90. The third-order valence-corrected chi connectivity index (χ3v) is 5.96. The number of benzene rings is 2. The van der Waals surface area contributed by atoms with Crippen LogP contribution < -0.4 is 10.0 Å². The van der Waals surface area contributed by atoms with Gasteiger partial charge in [-0.2, -0.15) is 0 Å². The number of hydrogen-bond donors (Lipinski definition) is 2. The number of carbonyl (C=O) groups excluding carboxylic acids is 1. The first-order valence-electron chi connectivity index (χ1n) is 7.77. The van der Waals surface area contributed by atoms with Gasteiger partial charge in [-0.15, -0.1) is 0 Å². The molecule has 2 aromatic carbocycles. The third-order valence-electron chi connectivity index (χ3n) is 3.52. The van der Waals surface area contributed by atoms with E-state index in [1.165, 1.54) is 24.3 Å². The van der Waals surface area contributed by atoms with Gasteiger partial charge in [0.25, 0.3) is 5.91 Å². The van der Waals surface area contributed by atoms with Gasteiger partial charge in [-0.25, -0.2) is 21.6 Å². The molecule has 0 spiro atoms. The quantitative estimate of drug-likeness (QED) is 0.690. The van der Waals surface area contributed by atoms with Gasteiger partial charge >= 0.3 is 0 Å². The van der Waals surface area contributed by atoms with Crippen molar-refractivity contribution in [2.75, 3.05) is 18.6 Å². The average molecular weight is 396 g/mol. The van der Waals surface area contributed by atoms with Gasteiger partial charge in [0.05, 0.1) is 10.6 Å². The fraction of sp³-hybridized carbons (Fsp3) is 0.235. The minimum Gasteiger partial charge on any atom is -0.351 e. The molecule has 0 saturated carbocycles. The summed E-state index contributed by atoms with van der Waals surface area (Å²) in [5.41, 5.74) is 0.986. The summed E-state index contributed by atoms with van der Waals surface area (Å²) in [7, 11) is -6.97. The van der Waals surface area contributed by atoms with Crippen LogP contribution in [0, 0.1) is 0 Å². The lowest BCUT2D eigenvalue weighted by Crippen LogP contribution is -2.34. The zero-order chi connectivity index (χ0) is 19.2. The zero-order valence-corrected chi connectivity index (χ0v) is 15.8. The molecule has 7 nitrogen and oxygen atoms in total. The van der Waals surface area contributed by atoms with E-state index >= 15 is 0 Å². The molecule has 0 radical (unpaired) electrons. The fourth-order valence-electron chi connectivity index (χ4n) is 2.13. The molecule has 2 N–H and O–H groups in total. The third kappa shape index (κ3) is 6.25. The molecule has 0 aliphatic carbocycles. The predicted octanol–water partition coefficient (Wildman–Crippen LogP) is 0.940. The Morgan fingerprint density at radius 3 is 2.31 bits per heavy atom. The highest BCUT2D eigenvalue weighted by Gasteiger charge is 2.14. The summed E-state index contributed by atoms with van der Waals surface area (Å²) in [5.74, 6) is -0.814. The van der Waals surface area contributed by atoms with E-state index in [4.69, 9.17) is 0 Å². The Hall–Kier alpha value is -2.23. The Morgan fingerprint density at radius 1 is 0.962 bits per heavy atom. The Labute approximate surface area is 153 Å². The first-order chi connectivity index (χ1) is 12.2. The summed E-state index contributed by atoms with van der Waals surface area (Å²) >= 11 is 0. The van der Waals surface area contributed by atoms with Crippen molar-refractivity contribution in [1.29, 1.82) is 0 Å². The maximum absolute atomic E-state index is 12.1. The Bertz CT molecular complexity index is 971. The number of nitrogens with one attached hydrogen (secondary N) is 2. The Balaban J connectivity index is 1.87. The van der Waals surface area contributed by atoms with E-state index in [-0.39, 0.29) is 29.3 Å². The summed E-state index contributed by atoms with van der Waals surface area (Å²) < 4.78 is 49.4. The van der Waals surface area contributed by atoms with Crippen LogP contribution in [0.4, 0.5) is 0 Å². The summed E-state index contributed by atoms with van der Waals surface area (Å²) in [6.45, 7) is 0.0829. The molecule has 0 heterocycles. The monoisotopic (exact) mass is 396 g/mol. The van der Waals surface area contributed by atoms with Crippen LogP contribution in [0.3, 0.4) is 0 Å². The van der Waals surface area contributed by atoms with Crippen molar-refractivity contribution in [3.05, 3.63) is 65.7 Å². The van der Waals surface area contributed by atoms with E-state index in [0.29, 0.717) is 0 Å². The maximum Gasteiger partial charge on any atom is 0.251 e. The van der Waals surface area contributed by atoms with E-state index < -0.39 is 25.8 Å². The molecular formula is C17H20N2O5S2. The maximum atomic E-state index is 12.1. The van der Waals surface area contributed by atoms with Crippen LogP contribution in [-0.4, -0.2) is 41.3 Å². The standard InChI is InChI=1S/C17H20N2O5S2/c1-25(21,22)16-9-5-8-15(12-16)17(20)18-10-11-26(23,24)19-13-14-6-3-2-4-7-14/h2-9,12,19H,10-11,13H2,1H3,(H,18,20). The van der Waals surface area contributed by atoms with Gasteiger partial charge < -0.3 is 5.32 Å². The molecule has 9 heteroatoms. The topological polar surface area (TPSA) is 109 Å². The number of sulfone groups is 1. The molecule has 2 rings (SSSR count). The molecule has 0 aromatic heterocycles. The molecule has 0 saturated heterocycles. The molecule has 0 aliphatic rings. The van der Waals surface area contributed by atoms with Gasteiger partial charge in [-0.05, 0) is 23.8 Å². The first-order valence-corrected chi connectivity index (χ1v) is 11.3. The molecule has 140 valence electrons. The number of hydrogen-bond acceptors (Lipinski definition) is 5. The largest absolute Gasteiger partial charge is 0.351 e. The van der Waals surface area contributed by atoms with Crippen molar-refractivity contribution >= 4 is 25.8 Å². The van der Waals surface area contributed by atoms with Crippen molar-refractivity contribution in [3.63, 3.8) is 0 Å². The second-order valence-corrected chi connectivity index (χ2v) is 9.62. The highest BCUT2D eigenvalue weighted by Crippen LogP contribution is 2.11. The van der Waals surface area contributed by atoms with Crippen LogP contribution in [0.5, 0.6) is 0 Å². The van der Waals surface area contributed by atoms with Crippen LogP contribution in [0.1, 0.15) is 15.9 Å².